The smallest absolute Gasteiger partial charge is 0.0893 e. The topological polar surface area (TPSA) is 51.6 Å². The molecule has 4 heterocycles. The van der Waals surface area contributed by atoms with Crippen LogP contribution < -0.4 is 0 Å². The molecule has 4 heteroatoms. The zero-order chi connectivity index (χ0) is 21.3. The highest BCUT2D eigenvalue weighted by Gasteiger charge is 2.07. The Labute approximate surface area is 185 Å². The van der Waals surface area contributed by atoms with Gasteiger partial charge in [-0.15, -0.1) is 0 Å². The number of hydrogen-bond donors (Lipinski definition) is 0. The maximum Gasteiger partial charge on any atom is 0.0893 e. The Morgan fingerprint density at radius 3 is 1.56 bits per heavy atom. The fourth-order valence-corrected chi connectivity index (χ4v) is 3.90. The zero-order valence-electron chi connectivity index (χ0n) is 17.2. The Bertz CT molecular complexity index is 1440. The van der Waals surface area contributed by atoms with Crippen LogP contribution in [-0.2, 0) is 0 Å². The van der Waals surface area contributed by atoms with Gasteiger partial charge in [-0.3, -0.25) is 9.97 Å². The Balaban J connectivity index is 1.43. The molecule has 0 saturated heterocycles. The molecule has 0 spiro atoms. The van der Waals surface area contributed by atoms with Crippen LogP contribution in [0.3, 0.4) is 0 Å². The maximum atomic E-state index is 4.95. The van der Waals surface area contributed by atoms with E-state index in [1.54, 1.807) is 6.20 Å². The van der Waals surface area contributed by atoms with E-state index in [4.69, 9.17) is 9.97 Å². The zero-order valence-corrected chi connectivity index (χ0v) is 17.2. The van der Waals surface area contributed by atoms with Crippen LogP contribution in [0.15, 0.2) is 109 Å². The van der Waals surface area contributed by atoms with Gasteiger partial charge in [0, 0.05) is 34.3 Å². The van der Waals surface area contributed by atoms with Crippen molar-refractivity contribution in [2.75, 3.05) is 0 Å². The second-order valence-electron chi connectivity index (χ2n) is 7.64. The van der Waals surface area contributed by atoms with E-state index in [0.29, 0.717) is 0 Å². The second-order valence-corrected chi connectivity index (χ2v) is 7.64. The lowest BCUT2D eigenvalue weighted by Crippen LogP contribution is -1.90. The first-order chi connectivity index (χ1) is 15.8. The molecular weight excluding hydrogens is 392 g/mol. The number of hydrogen-bond acceptors (Lipinski definition) is 4. The van der Waals surface area contributed by atoms with Crippen molar-refractivity contribution < 1.29 is 0 Å². The molecule has 0 radical (unpaired) electrons. The number of fused-ring (bicyclic) bond motifs is 2. The lowest BCUT2D eigenvalue weighted by molar-refractivity contribution is 1.28. The number of aromatic nitrogens is 4. The van der Waals surface area contributed by atoms with Gasteiger partial charge in [-0.05, 0) is 48.5 Å². The molecule has 4 aromatic heterocycles. The van der Waals surface area contributed by atoms with Gasteiger partial charge < -0.3 is 0 Å². The first-order valence-electron chi connectivity index (χ1n) is 10.5. The summed E-state index contributed by atoms with van der Waals surface area (Å²) in [5.41, 5.74) is 7.56. The summed E-state index contributed by atoms with van der Waals surface area (Å²) in [6.07, 6.45) is 3.60. The van der Waals surface area contributed by atoms with Gasteiger partial charge in [-0.2, -0.15) is 0 Å². The first-order valence-corrected chi connectivity index (χ1v) is 10.5. The molecule has 2 aromatic carbocycles. The SMILES string of the molecule is c1ccc(-c2ccc3ccc(-c4ccc5ccc(-c6ccccn6)nc5c4)nc3c2)nc1. The molecule has 0 N–H and O–H groups in total. The summed E-state index contributed by atoms with van der Waals surface area (Å²) < 4.78 is 0. The molecule has 6 rings (SSSR count). The van der Waals surface area contributed by atoms with E-state index in [0.717, 1.165) is 55.7 Å². The molecule has 150 valence electrons. The van der Waals surface area contributed by atoms with Crippen LogP contribution >= 0.6 is 0 Å². The quantitative estimate of drug-likeness (QED) is 0.331. The van der Waals surface area contributed by atoms with E-state index in [-0.39, 0.29) is 0 Å². The van der Waals surface area contributed by atoms with Crippen molar-refractivity contribution in [3.05, 3.63) is 109 Å². The summed E-state index contributed by atoms with van der Waals surface area (Å²) in [6.45, 7) is 0. The first kappa shape index (κ1) is 18.3. The molecule has 0 aliphatic rings. The van der Waals surface area contributed by atoms with Crippen LogP contribution in [0, 0.1) is 0 Å². The van der Waals surface area contributed by atoms with Gasteiger partial charge >= 0.3 is 0 Å². The van der Waals surface area contributed by atoms with Crippen molar-refractivity contribution in [2.24, 2.45) is 0 Å². The minimum atomic E-state index is 0.863. The summed E-state index contributed by atoms with van der Waals surface area (Å²) in [5.74, 6) is 0. The van der Waals surface area contributed by atoms with E-state index in [2.05, 4.69) is 64.6 Å². The highest BCUT2D eigenvalue weighted by Crippen LogP contribution is 2.28. The monoisotopic (exact) mass is 410 g/mol. The standard InChI is InChI=1S/C28H18N4/c1-3-15-29-23(5-1)21-9-7-19-11-13-24(31-27(19)17-21)22-10-8-20-12-14-26(32-28(20)18-22)25-6-2-4-16-30-25/h1-18H. The van der Waals surface area contributed by atoms with E-state index >= 15 is 0 Å². The van der Waals surface area contributed by atoms with E-state index in [1.165, 1.54) is 0 Å². The van der Waals surface area contributed by atoms with Crippen molar-refractivity contribution in [1.29, 1.82) is 0 Å². The lowest BCUT2D eigenvalue weighted by atomic mass is 10.0. The summed E-state index contributed by atoms with van der Waals surface area (Å²) in [6, 6.07) is 32.6. The largest absolute Gasteiger partial charge is 0.256 e. The molecule has 0 amide bonds. The van der Waals surface area contributed by atoms with Crippen molar-refractivity contribution >= 4 is 21.8 Å². The van der Waals surface area contributed by atoms with Gasteiger partial charge in [-0.1, -0.05) is 48.5 Å². The molecular formula is C28H18N4. The fraction of sp³-hybridized carbons (Fsp3) is 0. The minimum absolute atomic E-state index is 0.863. The Morgan fingerprint density at radius 2 is 0.938 bits per heavy atom. The molecule has 0 fully saturated rings. The van der Waals surface area contributed by atoms with Gasteiger partial charge in [0.05, 0.1) is 33.8 Å². The van der Waals surface area contributed by atoms with Crippen molar-refractivity contribution in [1.82, 2.24) is 19.9 Å². The van der Waals surface area contributed by atoms with Crippen molar-refractivity contribution in [3.8, 4) is 33.9 Å². The predicted octanol–water partition coefficient (Wildman–Crippen LogP) is 6.57. The normalized spacial score (nSPS) is 11.1. The molecule has 6 aromatic rings. The Morgan fingerprint density at radius 1 is 0.406 bits per heavy atom. The third-order valence-electron chi connectivity index (χ3n) is 5.57. The van der Waals surface area contributed by atoms with Gasteiger partial charge in [0.2, 0.25) is 0 Å². The highest BCUT2D eigenvalue weighted by molar-refractivity contribution is 5.88. The van der Waals surface area contributed by atoms with Crippen LogP contribution in [-0.4, -0.2) is 19.9 Å². The molecule has 4 nitrogen and oxygen atoms in total. The van der Waals surface area contributed by atoms with E-state index in [9.17, 15) is 0 Å². The summed E-state index contributed by atoms with van der Waals surface area (Å²) in [5, 5.41) is 2.19. The van der Waals surface area contributed by atoms with Crippen LogP contribution in [0.4, 0.5) is 0 Å². The Hall–Kier alpha value is -4.44. The average molecular weight is 410 g/mol. The van der Waals surface area contributed by atoms with E-state index in [1.807, 2.05) is 48.7 Å². The fourth-order valence-electron chi connectivity index (χ4n) is 3.90. The van der Waals surface area contributed by atoms with Gasteiger partial charge in [0.15, 0.2) is 0 Å². The molecule has 0 saturated carbocycles. The third-order valence-corrected chi connectivity index (χ3v) is 5.57. The van der Waals surface area contributed by atoms with E-state index < -0.39 is 0 Å². The van der Waals surface area contributed by atoms with Gasteiger partial charge in [0.25, 0.3) is 0 Å². The molecule has 0 aliphatic carbocycles. The summed E-state index contributed by atoms with van der Waals surface area (Å²) in [7, 11) is 0. The highest BCUT2D eigenvalue weighted by atomic mass is 14.8. The predicted molar refractivity (Wildman–Crippen MR) is 129 cm³/mol. The van der Waals surface area contributed by atoms with Gasteiger partial charge in [-0.25, -0.2) is 9.97 Å². The number of nitrogens with zero attached hydrogens (tertiary/aromatic N) is 4. The number of pyridine rings is 4. The Kier molecular flexibility index (Phi) is 4.40. The number of rotatable bonds is 3. The molecule has 0 bridgehead atoms. The third kappa shape index (κ3) is 3.38. The second kappa shape index (κ2) is 7.67. The van der Waals surface area contributed by atoms with Crippen LogP contribution in [0.25, 0.3) is 55.7 Å². The van der Waals surface area contributed by atoms with Gasteiger partial charge in [0.1, 0.15) is 0 Å². The molecule has 0 unspecified atom stereocenters. The average Bonchev–Trinajstić information content (AvgIpc) is 2.88. The summed E-state index contributed by atoms with van der Waals surface area (Å²) in [4.78, 5) is 18.7. The lowest BCUT2D eigenvalue weighted by Gasteiger charge is -2.08. The minimum Gasteiger partial charge on any atom is -0.256 e. The van der Waals surface area contributed by atoms with Crippen LogP contribution in [0.5, 0.6) is 0 Å². The molecule has 32 heavy (non-hydrogen) atoms. The molecule has 0 aliphatic heterocycles. The molecule has 0 atom stereocenters. The summed E-state index contributed by atoms with van der Waals surface area (Å²) >= 11 is 0. The van der Waals surface area contributed by atoms with Crippen LogP contribution in [0.2, 0.25) is 0 Å². The number of benzene rings is 2. The van der Waals surface area contributed by atoms with Crippen molar-refractivity contribution in [3.63, 3.8) is 0 Å². The van der Waals surface area contributed by atoms with Crippen LogP contribution in [0.1, 0.15) is 0 Å². The van der Waals surface area contributed by atoms with Crippen molar-refractivity contribution in [2.45, 2.75) is 0 Å². The maximum absolute atomic E-state index is 4.95.